The third-order valence-electron chi connectivity index (χ3n) is 5.32. The largest absolute Gasteiger partial charge is 0.495 e. The number of amides is 2. The van der Waals surface area contributed by atoms with Crippen LogP contribution in [0.1, 0.15) is 18.4 Å². The highest BCUT2D eigenvalue weighted by Gasteiger charge is 2.26. The topological polar surface area (TPSA) is 79.9 Å². The molecule has 2 aromatic carbocycles. The molecule has 0 aliphatic carbocycles. The van der Waals surface area contributed by atoms with Gasteiger partial charge in [-0.2, -0.15) is 0 Å². The molecule has 2 amide bonds. The zero-order chi connectivity index (χ0) is 21.5. The van der Waals surface area contributed by atoms with E-state index in [2.05, 4.69) is 15.5 Å². The van der Waals surface area contributed by atoms with Crippen molar-refractivity contribution in [2.45, 2.75) is 19.8 Å². The lowest BCUT2D eigenvalue weighted by Gasteiger charge is -2.30. The van der Waals surface area contributed by atoms with E-state index in [1.54, 1.807) is 14.2 Å². The van der Waals surface area contributed by atoms with Crippen LogP contribution < -0.4 is 20.1 Å². The van der Waals surface area contributed by atoms with Crippen LogP contribution in [0.4, 0.5) is 11.4 Å². The minimum absolute atomic E-state index is 0.00639. The van der Waals surface area contributed by atoms with Gasteiger partial charge in [0.2, 0.25) is 11.8 Å². The van der Waals surface area contributed by atoms with Gasteiger partial charge in [-0.15, -0.1) is 0 Å². The van der Waals surface area contributed by atoms with Gasteiger partial charge in [-0.1, -0.05) is 18.2 Å². The summed E-state index contributed by atoms with van der Waals surface area (Å²) < 4.78 is 10.6. The third-order valence-corrected chi connectivity index (χ3v) is 5.32. The summed E-state index contributed by atoms with van der Waals surface area (Å²) in [6.45, 7) is 3.65. The number of hydrogen-bond acceptors (Lipinski definition) is 5. The Morgan fingerprint density at radius 3 is 2.33 bits per heavy atom. The smallest absolute Gasteiger partial charge is 0.238 e. The van der Waals surface area contributed by atoms with Gasteiger partial charge in [-0.25, -0.2) is 0 Å². The van der Waals surface area contributed by atoms with Gasteiger partial charge in [0.25, 0.3) is 0 Å². The molecule has 2 aromatic rings. The fourth-order valence-corrected chi connectivity index (χ4v) is 3.65. The van der Waals surface area contributed by atoms with Crippen LogP contribution in [0.15, 0.2) is 42.5 Å². The summed E-state index contributed by atoms with van der Waals surface area (Å²) in [5.41, 5.74) is 2.40. The Balaban J connectivity index is 1.49. The molecule has 1 aliphatic rings. The molecule has 1 aliphatic heterocycles. The molecule has 0 unspecified atom stereocenters. The summed E-state index contributed by atoms with van der Waals surface area (Å²) in [4.78, 5) is 27.2. The zero-order valence-electron chi connectivity index (χ0n) is 17.7. The Morgan fingerprint density at radius 2 is 1.63 bits per heavy atom. The van der Waals surface area contributed by atoms with Crippen molar-refractivity contribution < 1.29 is 19.1 Å². The lowest BCUT2D eigenvalue weighted by molar-refractivity contribution is -0.121. The summed E-state index contributed by atoms with van der Waals surface area (Å²) in [6, 6.07) is 13.1. The van der Waals surface area contributed by atoms with Crippen molar-refractivity contribution in [2.75, 3.05) is 44.5 Å². The van der Waals surface area contributed by atoms with Crippen molar-refractivity contribution in [3.8, 4) is 11.5 Å². The molecule has 2 N–H and O–H groups in total. The molecule has 1 fully saturated rings. The molecule has 0 spiro atoms. The van der Waals surface area contributed by atoms with Gasteiger partial charge in [0.15, 0.2) is 0 Å². The summed E-state index contributed by atoms with van der Waals surface area (Å²) in [7, 11) is 3.17. The van der Waals surface area contributed by atoms with E-state index in [4.69, 9.17) is 9.47 Å². The molecule has 0 radical (unpaired) electrons. The Bertz CT molecular complexity index is 892. The maximum atomic E-state index is 12.6. The van der Waals surface area contributed by atoms with E-state index >= 15 is 0 Å². The number of anilines is 2. The van der Waals surface area contributed by atoms with E-state index in [9.17, 15) is 9.59 Å². The quantitative estimate of drug-likeness (QED) is 0.731. The second-order valence-corrected chi connectivity index (χ2v) is 7.49. The second kappa shape index (κ2) is 10.1. The van der Waals surface area contributed by atoms with Crippen LogP contribution in [-0.2, 0) is 9.59 Å². The summed E-state index contributed by atoms with van der Waals surface area (Å²) in [5.74, 6) is 1.11. The number of nitrogens with zero attached hydrogens (tertiary/aromatic N) is 1. The number of benzene rings is 2. The predicted octanol–water partition coefficient (Wildman–Crippen LogP) is 3.30. The third kappa shape index (κ3) is 5.51. The Labute approximate surface area is 177 Å². The number of aryl methyl sites for hydroxylation is 1. The van der Waals surface area contributed by atoms with Crippen molar-refractivity contribution in [2.24, 2.45) is 5.92 Å². The number of ether oxygens (including phenoxy) is 2. The van der Waals surface area contributed by atoms with Crippen LogP contribution in [0.3, 0.4) is 0 Å². The monoisotopic (exact) mass is 411 g/mol. The first kappa shape index (κ1) is 21.6. The number of likely N-dealkylation sites (tertiary alicyclic amines) is 1. The van der Waals surface area contributed by atoms with Crippen molar-refractivity contribution >= 4 is 23.2 Å². The van der Waals surface area contributed by atoms with Gasteiger partial charge >= 0.3 is 0 Å². The average Bonchev–Trinajstić information content (AvgIpc) is 2.74. The molecule has 0 aromatic heterocycles. The van der Waals surface area contributed by atoms with Crippen molar-refractivity contribution in [1.29, 1.82) is 0 Å². The molecule has 1 heterocycles. The number of para-hydroxylation sites is 2. The fourth-order valence-electron chi connectivity index (χ4n) is 3.65. The molecule has 160 valence electrons. The average molecular weight is 412 g/mol. The van der Waals surface area contributed by atoms with Gasteiger partial charge in [0, 0.05) is 5.92 Å². The van der Waals surface area contributed by atoms with Gasteiger partial charge < -0.3 is 20.1 Å². The first-order valence-electron chi connectivity index (χ1n) is 10.1. The van der Waals surface area contributed by atoms with E-state index in [1.807, 2.05) is 49.4 Å². The molecule has 7 nitrogen and oxygen atoms in total. The Hall–Kier alpha value is -3.06. The van der Waals surface area contributed by atoms with Crippen LogP contribution in [0.2, 0.25) is 0 Å². The number of methoxy groups -OCH3 is 2. The van der Waals surface area contributed by atoms with Crippen molar-refractivity contribution in [3.05, 3.63) is 48.0 Å². The molecule has 0 atom stereocenters. The zero-order valence-corrected chi connectivity index (χ0v) is 17.7. The van der Waals surface area contributed by atoms with Crippen molar-refractivity contribution in [1.82, 2.24) is 4.90 Å². The lowest BCUT2D eigenvalue weighted by Crippen LogP contribution is -2.41. The minimum Gasteiger partial charge on any atom is -0.495 e. The summed E-state index contributed by atoms with van der Waals surface area (Å²) >= 11 is 0. The molecule has 1 saturated heterocycles. The standard InChI is InChI=1S/C23H29N3O4/c1-16-8-9-21(30-3)19(14-16)24-22(27)15-26-12-10-17(11-13-26)23(28)25-18-6-4-5-7-20(18)29-2/h4-9,14,17H,10-13,15H2,1-3H3,(H,24,27)(H,25,28). The van der Waals surface area contributed by atoms with E-state index < -0.39 is 0 Å². The van der Waals surface area contributed by atoms with Crippen LogP contribution >= 0.6 is 0 Å². The van der Waals surface area contributed by atoms with E-state index in [0.29, 0.717) is 48.8 Å². The summed E-state index contributed by atoms with van der Waals surface area (Å²) in [5, 5.41) is 5.89. The van der Waals surface area contributed by atoms with Gasteiger partial charge in [0.1, 0.15) is 11.5 Å². The SMILES string of the molecule is COc1ccc(C)cc1NC(=O)CN1CCC(C(=O)Nc2ccccc2OC)CC1. The Morgan fingerprint density at radius 1 is 0.967 bits per heavy atom. The number of hydrogen-bond donors (Lipinski definition) is 2. The van der Waals surface area contributed by atoms with Gasteiger partial charge in [0.05, 0.1) is 32.1 Å². The van der Waals surface area contributed by atoms with Crippen molar-refractivity contribution in [3.63, 3.8) is 0 Å². The second-order valence-electron chi connectivity index (χ2n) is 7.49. The maximum Gasteiger partial charge on any atom is 0.238 e. The molecule has 0 saturated carbocycles. The van der Waals surface area contributed by atoms with E-state index in [-0.39, 0.29) is 24.3 Å². The van der Waals surface area contributed by atoms with E-state index in [0.717, 1.165) is 5.56 Å². The Kier molecular flexibility index (Phi) is 7.30. The maximum absolute atomic E-state index is 12.6. The first-order chi connectivity index (χ1) is 14.5. The fraction of sp³-hybridized carbons (Fsp3) is 0.391. The molecule has 3 rings (SSSR count). The highest BCUT2D eigenvalue weighted by atomic mass is 16.5. The van der Waals surface area contributed by atoms with Crippen LogP contribution in [0, 0.1) is 12.8 Å². The molecule has 0 bridgehead atoms. The van der Waals surface area contributed by atoms with Crippen LogP contribution in [0.25, 0.3) is 0 Å². The van der Waals surface area contributed by atoms with Gasteiger partial charge in [-0.3, -0.25) is 14.5 Å². The highest BCUT2D eigenvalue weighted by molar-refractivity contribution is 5.95. The van der Waals surface area contributed by atoms with E-state index in [1.165, 1.54) is 0 Å². The molecule has 7 heteroatoms. The van der Waals surface area contributed by atoms with Gasteiger partial charge in [-0.05, 0) is 62.7 Å². The number of rotatable bonds is 7. The van der Waals surface area contributed by atoms with Crippen LogP contribution in [0.5, 0.6) is 11.5 Å². The predicted molar refractivity (Wildman–Crippen MR) is 117 cm³/mol. The van der Waals surface area contributed by atoms with Crippen LogP contribution in [-0.4, -0.2) is 50.6 Å². The summed E-state index contributed by atoms with van der Waals surface area (Å²) in [6.07, 6.45) is 1.42. The number of nitrogens with one attached hydrogen (secondary N) is 2. The lowest BCUT2D eigenvalue weighted by atomic mass is 9.95. The normalized spacial score (nSPS) is 14.8. The molecular formula is C23H29N3O4. The first-order valence-corrected chi connectivity index (χ1v) is 10.1. The minimum atomic E-state index is -0.0872. The highest BCUT2D eigenvalue weighted by Crippen LogP contribution is 2.27. The molecule has 30 heavy (non-hydrogen) atoms. The number of carbonyl (C=O) groups is 2. The number of carbonyl (C=O) groups excluding carboxylic acids is 2. The number of piperidine rings is 1. The molecular weight excluding hydrogens is 382 g/mol.